The normalized spacial score (nSPS) is 19.7. The van der Waals surface area contributed by atoms with E-state index in [4.69, 9.17) is 0 Å². The van der Waals surface area contributed by atoms with Crippen molar-refractivity contribution in [1.29, 1.82) is 0 Å². The number of hydrogen-bond acceptors (Lipinski definition) is 3. The molecule has 7 heteroatoms. The largest absolute Gasteiger partial charge is 0.397 e. The molecule has 2 aliphatic rings. The van der Waals surface area contributed by atoms with Crippen LogP contribution in [0.4, 0.5) is 18.9 Å². The number of rotatable bonds is 3. The number of aliphatic hydroxyl groups excluding tert-OH is 1. The lowest BCUT2D eigenvalue weighted by Gasteiger charge is -2.40. The maximum absolute atomic E-state index is 12.4. The molecule has 0 aliphatic carbocycles. The number of halogens is 3. The van der Waals surface area contributed by atoms with Crippen LogP contribution in [0.2, 0.25) is 0 Å². The fourth-order valence-electron chi connectivity index (χ4n) is 3.95. The van der Waals surface area contributed by atoms with Crippen molar-refractivity contribution in [1.82, 2.24) is 4.90 Å². The molecule has 1 amide bonds. The molecule has 1 aromatic rings. The predicted molar refractivity (Wildman–Crippen MR) is 83.9 cm³/mol. The number of carbonyl (C=O) groups excluding carboxylic acids is 1. The van der Waals surface area contributed by atoms with Crippen LogP contribution < -0.4 is 4.90 Å². The Bertz CT molecular complexity index is 610. The molecular weight excluding hydrogens is 321 g/mol. The van der Waals surface area contributed by atoms with Crippen LogP contribution in [0.1, 0.15) is 24.8 Å². The van der Waals surface area contributed by atoms with E-state index in [9.17, 15) is 23.1 Å². The number of piperidine rings is 1. The van der Waals surface area contributed by atoms with Gasteiger partial charge in [-0.05, 0) is 24.5 Å². The van der Waals surface area contributed by atoms with Gasteiger partial charge in [0.15, 0.2) is 0 Å². The van der Waals surface area contributed by atoms with Crippen molar-refractivity contribution < 1.29 is 23.1 Å². The minimum Gasteiger partial charge on any atom is -0.395 e. The van der Waals surface area contributed by atoms with Crippen LogP contribution in [0, 0.1) is 0 Å². The molecule has 132 valence electrons. The van der Waals surface area contributed by atoms with Gasteiger partial charge in [-0.25, -0.2) is 0 Å². The lowest BCUT2D eigenvalue weighted by Crippen LogP contribution is -2.48. The van der Waals surface area contributed by atoms with Crippen LogP contribution >= 0.6 is 0 Å². The number of benzene rings is 1. The number of para-hydroxylation sites is 1. The summed E-state index contributed by atoms with van der Waals surface area (Å²) >= 11 is 0. The van der Waals surface area contributed by atoms with Gasteiger partial charge in [-0.2, -0.15) is 13.2 Å². The van der Waals surface area contributed by atoms with Gasteiger partial charge >= 0.3 is 6.18 Å². The standard InChI is InChI=1S/C17H21F3N2O2/c18-17(19,20)11-15(24)21-7-5-16(6-8-21)12-22(9-10-23)14-4-2-1-3-13(14)16/h1-4,23H,5-12H2. The van der Waals surface area contributed by atoms with Crippen LogP contribution in [0.15, 0.2) is 24.3 Å². The summed E-state index contributed by atoms with van der Waals surface area (Å²) in [6.07, 6.45) is -4.54. The van der Waals surface area contributed by atoms with Gasteiger partial charge < -0.3 is 14.9 Å². The second-order valence-corrected chi connectivity index (χ2v) is 6.62. The predicted octanol–water partition coefficient (Wildman–Crippen LogP) is 2.31. The average molecular weight is 342 g/mol. The number of anilines is 1. The Morgan fingerprint density at radius 3 is 2.50 bits per heavy atom. The molecule has 2 aliphatic heterocycles. The zero-order valence-corrected chi connectivity index (χ0v) is 13.4. The molecule has 1 spiro atoms. The minimum atomic E-state index is -4.45. The van der Waals surface area contributed by atoms with Gasteiger partial charge in [0.25, 0.3) is 0 Å². The maximum atomic E-state index is 12.4. The van der Waals surface area contributed by atoms with Gasteiger partial charge in [-0.3, -0.25) is 4.79 Å². The van der Waals surface area contributed by atoms with E-state index in [1.54, 1.807) is 0 Å². The van der Waals surface area contributed by atoms with E-state index in [1.165, 1.54) is 10.5 Å². The number of carbonyl (C=O) groups is 1. The third kappa shape index (κ3) is 3.22. The maximum Gasteiger partial charge on any atom is 0.397 e. The molecule has 24 heavy (non-hydrogen) atoms. The highest BCUT2D eigenvalue weighted by molar-refractivity contribution is 5.77. The van der Waals surface area contributed by atoms with Crippen LogP contribution in [0.25, 0.3) is 0 Å². The molecule has 1 aromatic carbocycles. The fraction of sp³-hybridized carbons (Fsp3) is 0.588. The van der Waals surface area contributed by atoms with Crippen LogP contribution in [0.5, 0.6) is 0 Å². The van der Waals surface area contributed by atoms with Gasteiger partial charge in [0.2, 0.25) is 5.91 Å². The molecule has 1 fully saturated rings. The lowest BCUT2D eigenvalue weighted by molar-refractivity contribution is -0.162. The first-order valence-corrected chi connectivity index (χ1v) is 8.14. The smallest absolute Gasteiger partial charge is 0.395 e. The van der Waals surface area contributed by atoms with Gasteiger partial charge in [0, 0.05) is 37.3 Å². The second-order valence-electron chi connectivity index (χ2n) is 6.62. The molecule has 0 atom stereocenters. The number of likely N-dealkylation sites (tertiary alicyclic amines) is 1. The summed E-state index contributed by atoms with van der Waals surface area (Å²) in [5.41, 5.74) is 2.13. The second kappa shape index (κ2) is 6.27. The van der Waals surface area contributed by atoms with Gasteiger partial charge in [-0.1, -0.05) is 18.2 Å². The summed E-state index contributed by atoms with van der Waals surface area (Å²) in [5, 5.41) is 9.26. The van der Waals surface area contributed by atoms with Crippen molar-refractivity contribution in [3.8, 4) is 0 Å². The number of nitrogens with zero attached hydrogens (tertiary/aromatic N) is 2. The first-order chi connectivity index (χ1) is 11.3. The molecule has 0 bridgehead atoms. The minimum absolute atomic E-state index is 0.0562. The number of amides is 1. The highest BCUT2D eigenvalue weighted by Crippen LogP contribution is 2.46. The Labute approximate surface area is 138 Å². The Kier molecular flexibility index (Phi) is 4.46. The molecule has 4 nitrogen and oxygen atoms in total. The Balaban J connectivity index is 1.73. The van der Waals surface area contributed by atoms with Crippen molar-refractivity contribution >= 4 is 11.6 Å². The third-order valence-electron chi connectivity index (χ3n) is 5.10. The molecule has 3 rings (SSSR count). The lowest BCUT2D eigenvalue weighted by atomic mass is 9.74. The van der Waals surface area contributed by atoms with Crippen molar-refractivity contribution in [2.24, 2.45) is 0 Å². The quantitative estimate of drug-likeness (QED) is 0.917. The highest BCUT2D eigenvalue weighted by Gasteiger charge is 2.45. The van der Waals surface area contributed by atoms with Crippen LogP contribution in [0.3, 0.4) is 0 Å². The first-order valence-electron chi connectivity index (χ1n) is 8.14. The SMILES string of the molecule is O=C(CC(F)(F)F)N1CCC2(CC1)CN(CCO)c1ccccc12. The topological polar surface area (TPSA) is 43.8 Å². The average Bonchev–Trinajstić information content (AvgIpc) is 2.81. The van der Waals surface area contributed by atoms with Crippen molar-refractivity contribution in [3.63, 3.8) is 0 Å². The summed E-state index contributed by atoms with van der Waals surface area (Å²) < 4.78 is 37.2. The third-order valence-corrected chi connectivity index (χ3v) is 5.10. The molecular formula is C17H21F3N2O2. The number of fused-ring (bicyclic) bond motifs is 2. The zero-order valence-electron chi connectivity index (χ0n) is 13.4. The van der Waals surface area contributed by atoms with E-state index in [-0.39, 0.29) is 12.0 Å². The molecule has 2 heterocycles. The molecule has 0 saturated carbocycles. The van der Waals surface area contributed by atoms with Crippen LogP contribution in [-0.4, -0.2) is 54.9 Å². The number of β-amino-alcohol motifs (C(OH)–C–C–N with tert-alkyl or cyclic N) is 1. The van der Waals surface area contributed by atoms with E-state index in [0.717, 1.165) is 12.2 Å². The van der Waals surface area contributed by atoms with Crippen molar-refractivity contribution in [2.75, 3.05) is 37.7 Å². The first kappa shape index (κ1) is 17.1. The van der Waals surface area contributed by atoms with E-state index in [1.807, 2.05) is 18.2 Å². The van der Waals surface area contributed by atoms with E-state index in [2.05, 4.69) is 11.0 Å². The van der Waals surface area contributed by atoms with Crippen molar-refractivity contribution in [2.45, 2.75) is 30.9 Å². The summed E-state index contributed by atoms with van der Waals surface area (Å²) in [5.74, 6) is -0.837. The molecule has 0 radical (unpaired) electrons. The van der Waals surface area contributed by atoms with Gasteiger partial charge in [-0.15, -0.1) is 0 Å². The summed E-state index contributed by atoms with van der Waals surface area (Å²) in [6.45, 7) is 2.02. The molecule has 0 unspecified atom stereocenters. The summed E-state index contributed by atoms with van der Waals surface area (Å²) in [6, 6.07) is 7.98. The van der Waals surface area contributed by atoms with E-state index >= 15 is 0 Å². The highest BCUT2D eigenvalue weighted by atomic mass is 19.4. The molecule has 1 saturated heterocycles. The fourth-order valence-corrected chi connectivity index (χ4v) is 3.95. The Hall–Kier alpha value is -1.76. The Morgan fingerprint density at radius 2 is 1.88 bits per heavy atom. The molecule has 1 N–H and O–H groups in total. The van der Waals surface area contributed by atoms with Crippen LogP contribution in [-0.2, 0) is 10.2 Å². The summed E-state index contributed by atoms with van der Waals surface area (Å²) in [7, 11) is 0. The summed E-state index contributed by atoms with van der Waals surface area (Å²) in [4.78, 5) is 15.2. The van der Waals surface area contributed by atoms with Gasteiger partial charge in [0.1, 0.15) is 6.42 Å². The van der Waals surface area contributed by atoms with E-state index < -0.39 is 18.5 Å². The van der Waals surface area contributed by atoms with E-state index in [0.29, 0.717) is 32.5 Å². The molecule has 0 aromatic heterocycles. The number of alkyl halides is 3. The van der Waals surface area contributed by atoms with Gasteiger partial charge in [0.05, 0.1) is 6.61 Å². The number of hydrogen-bond donors (Lipinski definition) is 1. The zero-order chi connectivity index (χ0) is 17.4. The monoisotopic (exact) mass is 342 g/mol. The van der Waals surface area contributed by atoms with Crippen molar-refractivity contribution in [3.05, 3.63) is 29.8 Å². The Morgan fingerprint density at radius 1 is 1.21 bits per heavy atom. The number of aliphatic hydroxyl groups is 1.